The zero-order valence-corrected chi connectivity index (χ0v) is 14.5. The van der Waals surface area contributed by atoms with Crippen molar-refractivity contribution in [1.82, 2.24) is 5.32 Å². The Morgan fingerprint density at radius 1 is 1.17 bits per heavy atom. The largest absolute Gasteiger partial charge is 0.384 e. The van der Waals surface area contributed by atoms with E-state index in [2.05, 4.69) is 10.6 Å². The van der Waals surface area contributed by atoms with Crippen LogP contribution in [0.3, 0.4) is 0 Å². The zero-order chi connectivity index (χ0) is 17.3. The van der Waals surface area contributed by atoms with Gasteiger partial charge in [-0.1, -0.05) is 12.1 Å². The highest BCUT2D eigenvalue weighted by Crippen LogP contribution is 2.23. The van der Waals surface area contributed by atoms with E-state index in [1.165, 1.54) is 6.26 Å². The summed E-state index contributed by atoms with van der Waals surface area (Å²) in [4.78, 5) is 12.7. The summed E-state index contributed by atoms with van der Waals surface area (Å²) in [5.41, 5.74) is 3.75. The van der Waals surface area contributed by atoms with E-state index in [4.69, 9.17) is 0 Å². The molecular formula is C18H20N2O3S. The lowest BCUT2D eigenvalue weighted by molar-refractivity contribution is 0.0940. The molecule has 0 aromatic heterocycles. The van der Waals surface area contributed by atoms with Gasteiger partial charge in [-0.25, -0.2) is 8.42 Å². The molecule has 2 N–H and O–H groups in total. The Labute approximate surface area is 142 Å². The first-order valence-corrected chi connectivity index (χ1v) is 9.71. The van der Waals surface area contributed by atoms with Gasteiger partial charge in [0.2, 0.25) is 0 Å². The summed E-state index contributed by atoms with van der Waals surface area (Å²) in [5.74, 6) is -0.135. The van der Waals surface area contributed by atoms with Crippen LogP contribution < -0.4 is 10.6 Å². The molecule has 0 saturated heterocycles. The molecule has 1 heterocycles. The summed E-state index contributed by atoms with van der Waals surface area (Å²) in [7, 11) is -3.21. The number of nitrogens with one attached hydrogen (secondary N) is 2. The molecule has 5 nitrogen and oxygen atoms in total. The van der Waals surface area contributed by atoms with E-state index >= 15 is 0 Å². The van der Waals surface area contributed by atoms with Crippen LogP contribution in [0.5, 0.6) is 0 Å². The number of benzene rings is 2. The number of carbonyl (C=O) groups excluding carboxylic acids is 1. The summed E-state index contributed by atoms with van der Waals surface area (Å²) in [6.07, 6.45) is 2.11. The lowest BCUT2D eigenvalue weighted by Gasteiger charge is -2.15. The quantitative estimate of drug-likeness (QED) is 0.894. The summed E-state index contributed by atoms with van der Waals surface area (Å²) in [6, 6.07) is 12.0. The minimum Gasteiger partial charge on any atom is -0.384 e. The maximum Gasteiger partial charge on any atom is 0.251 e. The van der Waals surface area contributed by atoms with Crippen LogP contribution in [0.15, 0.2) is 47.4 Å². The van der Waals surface area contributed by atoms with Crippen LogP contribution in [-0.2, 0) is 16.3 Å². The molecule has 1 aliphatic rings. The number of rotatable bonds is 4. The molecule has 6 heteroatoms. The van der Waals surface area contributed by atoms with Gasteiger partial charge >= 0.3 is 0 Å². The predicted octanol–water partition coefficient (Wildman–Crippen LogP) is 2.55. The summed E-state index contributed by atoms with van der Waals surface area (Å²) >= 11 is 0. The van der Waals surface area contributed by atoms with Crippen molar-refractivity contribution in [3.05, 3.63) is 59.2 Å². The van der Waals surface area contributed by atoms with Gasteiger partial charge in [0.1, 0.15) is 0 Å². The monoisotopic (exact) mass is 344 g/mol. The van der Waals surface area contributed by atoms with Crippen LogP contribution in [0.25, 0.3) is 0 Å². The van der Waals surface area contributed by atoms with Crippen LogP contribution in [0, 0.1) is 0 Å². The molecule has 0 aliphatic carbocycles. The van der Waals surface area contributed by atoms with Crippen molar-refractivity contribution in [3.8, 4) is 0 Å². The van der Waals surface area contributed by atoms with Gasteiger partial charge in [0.05, 0.1) is 10.9 Å². The third kappa shape index (κ3) is 3.43. The molecule has 0 saturated carbocycles. The Morgan fingerprint density at radius 3 is 2.54 bits per heavy atom. The Hall–Kier alpha value is -2.34. The lowest BCUT2D eigenvalue weighted by Crippen LogP contribution is -2.26. The highest BCUT2D eigenvalue weighted by molar-refractivity contribution is 7.90. The highest BCUT2D eigenvalue weighted by Gasteiger charge is 2.16. The van der Waals surface area contributed by atoms with E-state index in [9.17, 15) is 13.2 Å². The predicted molar refractivity (Wildman–Crippen MR) is 94.1 cm³/mol. The van der Waals surface area contributed by atoms with Crippen molar-refractivity contribution in [3.63, 3.8) is 0 Å². The van der Waals surface area contributed by atoms with Crippen LogP contribution >= 0.6 is 0 Å². The lowest BCUT2D eigenvalue weighted by atomic mass is 10.1. The number of carbonyl (C=O) groups is 1. The Balaban J connectivity index is 1.72. The van der Waals surface area contributed by atoms with E-state index in [1.807, 2.05) is 25.1 Å². The Kier molecular flexibility index (Phi) is 4.32. The van der Waals surface area contributed by atoms with Crippen LogP contribution in [-0.4, -0.2) is 27.1 Å². The minimum absolute atomic E-state index is 0.135. The molecule has 1 unspecified atom stereocenters. The van der Waals surface area contributed by atoms with Gasteiger partial charge in [-0.15, -0.1) is 0 Å². The SMILES string of the molecule is CC(NC(=O)c1ccc2c(c1)CCN2)c1ccc(S(C)(=O)=O)cc1. The average molecular weight is 344 g/mol. The molecule has 0 bridgehead atoms. The fraction of sp³-hybridized carbons (Fsp3) is 0.278. The normalized spacial score (nSPS) is 14.6. The molecule has 2 aromatic rings. The Morgan fingerprint density at radius 2 is 1.88 bits per heavy atom. The van der Waals surface area contributed by atoms with Gasteiger partial charge < -0.3 is 10.6 Å². The van der Waals surface area contributed by atoms with Crippen molar-refractivity contribution in [2.24, 2.45) is 0 Å². The second-order valence-electron chi connectivity index (χ2n) is 6.09. The number of amides is 1. The molecule has 0 spiro atoms. The fourth-order valence-electron chi connectivity index (χ4n) is 2.81. The summed E-state index contributed by atoms with van der Waals surface area (Å²) in [6.45, 7) is 2.78. The molecule has 126 valence electrons. The maximum atomic E-state index is 12.4. The smallest absolute Gasteiger partial charge is 0.251 e. The molecule has 1 atom stereocenters. The number of fused-ring (bicyclic) bond motifs is 1. The molecule has 1 aliphatic heterocycles. The van der Waals surface area contributed by atoms with Crippen molar-refractivity contribution in [1.29, 1.82) is 0 Å². The number of hydrogen-bond donors (Lipinski definition) is 2. The van der Waals surface area contributed by atoms with Gasteiger partial charge in [0.15, 0.2) is 9.84 Å². The first-order valence-electron chi connectivity index (χ1n) is 7.82. The molecule has 2 aromatic carbocycles. The van der Waals surface area contributed by atoms with Crippen molar-refractivity contribution < 1.29 is 13.2 Å². The summed E-state index contributed by atoms with van der Waals surface area (Å²) < 4.78 is 23.0. The third-order valence-electron chi connectivity index (χ3n) is 4.23. The minimum atomic E-state index is -3.21. The molecule has 24 heavy (non-hydrogen) atoms. The first-order chi connectivity index (χ1) is 11.3. The van der Waals surface area contributed by atoms with Gasteiger partial charge in [-0.3, -0.25) is 4.79 Å². The van der Waals surface area contributed by atoms with Crippen molar-refractivity contribution in [2.45, 2.75) is 24.3 Å². The van der Waals surface area contributed by atoms with E-state index in [-0.39, 0.29) is 16.8 Å². The molecule has 0 fully saturated rings. The molecule has 1 amide bonds. The summed E-state index contributed by atoms with van der Waals surface area (Å²) in [5, 5.41) is 6.22. The van der Waals surface area contributed by atoms with E-state index < -0.39 is 9.84 Å². The van der Waals surface area contributed by atoms with E-state index in [0.29, 0.717) is 5.56 Å². The van der Waals surface area contributed by atoms with E-state index in [0.717, 1.165) is 29.8 Å². The number of anilines is 1. The van der Waals surface area contributed by atoms with Gasteiger partial charge in [-0.05, 0) is 54.8 Å². The average Bonchev–Trinajstić information content (AvgIpc) is 3.01. The standard InChI is InChI=1S/C18H20N2O3S/c1-12(13-3-6-16(7-4-13)24(2,22)23)20-18(21)15-5-8-17-14(11-15)9-10-19-17/h3-8,11-12,19H,9-10H2,1-2H3,(H,20,21). The topological polar surface area (TPSA) is 75.3 Å². The second kappa shape index (κ2) is 6.28. The molecular weight excluding hydrogens is 324 g/mol. The zero-order valence-electron chi connectivity index (χ0n) is 13.7. The van der Waals surface area contributed by atoms with E-state index in [1.54, 1.807) is 24.3 Å². The first kappa shape index (κ1) is 16.5. The van der Waals surface area contributed by atoms with Crippen molar-refractivity contribution >= 4 is 21.4 Å². The number of sulfone groups is 1. The van der Waals surface area contributed by atoms with Gasteiger partial charge in [-0.2, -0.15) is 0 Å². The fourth-order valence-corrected chi connectivity index (χ4v) is 3.44. The third-order valence-corrected chi connectivity index (χ3v) is 5.36. The van der Waals surface area contributed by atoms with Crippen LogP contribution in [0.4, 0.5) is 5.69 Å². The highest BCUT2D eigenvalue weighted by atomic mass is 32.2. The van der Waals surface area contributed by atoms with Gasteiger partial charge in [0.25, 0.3) is 5.91 Å². The van der Waals surface area contributed by atoms with Crippen LogP contribution in [0.1, 0.15) is 34.5 Å². The van der Waals surface area contributed by atoms with Crippen molar-refractivity contribution in [2.75, 3.05) is 18.1 Å². The number of hydrogen-bond acceptors (Lipinski definition) is 4. The Bertz CT molecular complexity index is 874. The maximum absolute atomic E-state index is 12.4. The molecule has 0 radical (unpaired) electrons. The van der Waals surface area contributed by atoms with Gasteiger partial charge in [0, 0.05) is 24.1 Å². The second-order valence-corrected chi connectivity index (χ2v) is 8.10. The van der Waals surface area contributed by atoms with Crippen LogP contribution in [0.2, 0.25) is 0 Å². The molecule has 3 rings (SSSR count).